The van der Waals surface area contributed by atoms with Gasteiger partial charge in [0, 0.05) is 12.3 Å². The van der Waals surface area contributed by atoms with E-state index in [1.165, 1.54) is 28.7 Å². The van der Waals surface area contributed by atoms with Crippen molar-refractivity contribution in [2.24, 2.45) is 0 Å². The molecule has 0 spiro atoms. The molecule has 0 atom stereocenters. The molecule has 0 saturated carbocycles. The Bertz CT molecular complexity index is 1010. The van der Waals surface area contributed by atoms with Crippen molar-refractivity contribution in [1.29, 1.82) is 0 Å². The highest BCUT2D eigenvalue weighted by Crippen LogP contribution is 2.34. The van der Waals surface area contributed by atoms with E-state index in [0.717, 1.165) is 4.90 Å². The Hall–Kier alpha value is -3.55. The molecule has 23 heavy (non-hydrogen) atoms. The maximum Gasteiger partial charge on any atom is 0.293 e. The number of nitro groups is 1. The quantitative estimate of drug-likeness (QED) is 0.410. The first-order chi connectivity index (χ1) is 11.1. The fourth-order valence-corrected chi connectivity index (χ4v) is 2.68. The summed E-state index contributed by atoms with van der Waals surface area (Å²) in [5.41, 5.74) is 0.216. The zero-order valence-corrected chi connectivity index (χ0v) is 11.5. The monoisotopic (exact) mass is 308 g/mol. The first-order valence-corrected chi connectivity index (χ1v) is 6.69. The van der Waals surface area contributed by atoms with Crippen LogP contribution in [0.25, 0.3) is 5.65 Å². The molecule has 1 aliphatic rings. The Morgan fingerprint density at radius 1 is 1.00 bits per heavy atom. The molecule has 8 nitrogen and oxygen atoms in total. The number of anilines is 1. The Balaban J connectivity index is 1.92. The Morgan fingerprint density at radius 3 is 2.52 bits per heavy atom. The number of nitrogens with zero attached hydrogens (tertiary/aromatic N) is 4. The number of nitro benzene ring substituents is 1. The molecule has 0 bridgehead atoms. The van der Waals surface area contributed by atoms with Crippen LogP contribution in [0.1, 0.15) is 21.0 Å². The van der Waals surface area contributed by atoms with E-state index in [1.54, 1.807) is 24.4 Å². The normalized spacial score (nSPS) is 13.7. The summed E-state index contributed by atoms with van der Waals surface area (Å²) in [4.78, 5) is 40.7. The summed E-state index contributed by atoms with van der Waals surface area (Å²) >= 11 is 0. The van der Waals surface area contributed by atoms with Crippen molar-refractivity contribution in [2.75, 3.05) is 4.90 Å². The average molecular weight is 308 g/mol. The number of pyridine rings is 1. The van der Waals surface area contributed by atoms with Crippen molar-refractivity contribution in [2.45, 2.75) is 0 Å². The van der Waals surface area contributed by atoms with Crippen LogP contribution in [0.5, 0.6) is 0 Å². The standard InChI is InChI=1S/C15H8N4O4/c20-14-12-13(17-8-4-3-7-11(17)16-12)15(21)18(14)9-5-1-2-6-10(9)19(22)23/h1-8H. The summed E-state index contributed by atoms with van der Waals surface area (Å²) in [5.74, 6) is -1.29. The van der Waals surface area contributed by atoms with Crippen LogP contribution < -0.4 is 4.90 Å². The van der Waals surface area contributed by atoms with Gasteiger partial charge in [-0.15, -0.1) is 0 Å². The zero-order chi connectivity index (χ0) is 16.1. The number of benzene rings is 1. The van der Waals surface area contributed by atoms with Gasteiger partial charge in [0.1, 0.15) is 17.0 Å². The maximum absolute atomic E-state index is 12.7. The second-order valence-corrected chi connectivity index (χ2v) is 4.93. The molecule has 0 aliphatic carbocycles. The molecule has 112 valence electrons. The largest absolute Gasteiger partial charge is 0.295 e. The Kier molecular flexibility index (Phi) is 2.55. The van der Waals surface area contributed by atoms with E-state index in [1.807, 2.05) is 0 Å². The lowest BCUT2D eigenvalue weighted by molar-refractivity contribution is -0.384. The molecular weight excluding hydrogens is 300 g/mol. The number of imidazole rings is 1. The van der Waals surface area contributed by atoms with E-state index in [9.17, 15) is 19.7 Å². The molecular formula is C15H8N4O4. The number of para-hydroxylation sites is 2. The summed E-state index contributed by atoms with van der Waals surface area (Å²) in [7, 11) is 0. The topological polar surface area (TPSA) is 97.8 Å². The van der Waals surface area contributed by atoms with Gasteiger partial charge in [-0.3, -0.25) is 24.1 Å². The lowest BCUT2D eigenvalue weighted by Gasteiger charge is -2.13. The summed E-state index contributed by atoms with van der Waals surface area (Å²) in [6.07, 6.45) is 1.62. The highest BCUT2D eigenvalue weighted by atomic mass is 16.6. The first kappa shape index (κ1) is 13.1. The van der Waals surface area contributed by atoms with Crippen LogP contribution >= 0.6 is 0 Å². The van der Waals surface area contributed by atoms with Gasteiger partial charge in [-0.05, 0) is 18.2 Å². The van der Waals surface area contributed by atoms with Crippen LogP contribution in [0.4, 0.5) is 11.4 Å². The van der Waals surface area contributed by atoms with Crippen LogP contribution in [0.2, 0.25) is 0 Å². The molecule has 8 heteroatoms. The Morgan fingerprint density at radius 2 is 1.74 bits per heavy atom. The number of imide groups is 1. The van der Waals surface area contributed by atoms with Gasteiger partial charge in [0.25, 0.3) is 17.5 Å². The minimum absolute atomic E-state index is 0.000601. The molecule has 4 rings (SSSR count). The number of carbonyl (C=O) groups excluding carboxylic acids is 2. The predicted molar refractivity (Wildman–Crippen MR) is 79.4 cm³/mol. The van der Waals surface area contributed by atoms with E-state index in [2.05, 4.69) is 4.98 Å². The van der Waals surface area contributed by atoms with E-state index >= 15 is 0 Å². The van der Waals surface area contributed by atoms with Crippen molar-refractivity contribution >= 4 is 28.8 Å². The highest BCUT2D eigenvalue weighted by molar-refractivity contribution is 6.34. The van der Waals surface area contributed by atoms with E-state index in [-0.39, 0.29) is 22.8 Å². The molecule has 0 fully saturated rings. The van der Waals surface area contributed by atoms with Crippen molar-refractivity contribution in [1.82, 2.24) is 9.38 Å². The van der Waals surface area contributed by atoms with Gasteiger partial charge in [0.2, 0.25) is 0 Å². The van der Waals surface area contributed by atoms with Gasteiger partial charge < -0.3 is 0 Å². The summed E-state index contributed by atoms with van der Waals surface area (Å²) in [6.45, 7) is 0. The van der Waals surface area contributed by atoms with Gasteiger partial charge in [-0.2, -0.15) is 0 Å². The molecule has 0 N–H and O–H groups in total. The van der Waals surface area contributed by atoms with Crippen LogP contribution in [0, 0.1) is 10.1 Å². The lowest BCUT2D eigenvalue weighted by Crippen LogP contribution is -2.31. The third kappa shape index (κ3) is 1.68. The van der Waals surface area contributed by atoms with Gasteiger partial charge in [0.15, 0.2) is 5.69 Å². The van der Waals surface area contributed by atoms with Crippen LogP contribution in [0.15, 0.2) is 48.7 Å². The van der Waals surface area contributed by atoms with Gasteiger partial charge in [-0.25, -0.2) is 9.88 Å². The molecule has 0 radical (unpaired) electrons. The summed E-state index contributed by atoms with van der Waals surface area (Å²) < 4.78 is 1.50. The number of hydrogen-bond donors (Lipinski definition) is 0. The van der Waals surface area contributed by atoms with Crippen molar-refractivity contribution in [3.8, 4) is 0 Å². The molecule has 0 saturated heterocycles. The number of hydrogen-bond acceptors (Lipinski definition) is 5. The molecule has 2 amide bonds. The lowest BCUT2D eigenvalue weighted by atomic mass is 10.2. The highest BCUT2D eigenvalue weighted by Gasteiger charge is 2.43. The average Bonchev–Trinajstić information content (AvgIpc) is 3.04. The third-order valence-electron chi connectivity index (χ3n) is 3.66. The molecule has 3 heterocycles. The van der Waals surface area contributed by atoms with Crippen molar-refractivity contribution in [3.05, 3.63) is 70.2 Å². The number of amides is 2. The molecule has 2 aromatic heterocycles. The van der Waals surface area contributed by atoms with Gasteiger partial charge in [-0.1, -0.05) is 18.2 Å². The van der Waals surface area contributed by atoms with Crippen molar-refractivity contribution in [3.63, 3.8) is 0 Å². The fraction of sp³-hybridized carbons (Fsp3) is 0. The summed E-state index contributed by atoms with van der Waals surface area (Å²) in [6, 6.07) is 10.7. The number of rotatable bonds is 2. The Labute approximate surface area is 128 Å². The second-order valence-electron chi connectivity index (χ2n) is 4.93. The van der Waals surface area contributed by atoms with Crippen LogP contribution in [0.3, 0.4) is 0 Å². The van der Waals surface area contributed by atoms with Crippen LogP contribution in [-0.4, -0.2) is 26.1 Å². The number of aromatic nitrogens is 2. The molecule has 1 aliphatic heterocycles. The van der Waals surface area contributed by atoms with E-state index in [4.69, 9.17) is 0 Å². The molecule has 0 unspecified atom stereocenters. The smallest absolute Gasteiger partial charge is 0.293 e. The maximum atomic E-state index is 12.7. The molecule has 3 aromatic rings. The molecule has 1 aromatic carbocycles. The third-order valence-corrected chi connectivity index (χ3v) is 3.66. The van der Waals surface area contributed by atoms with E-state index in [0.29, 0.717) is 5.65 Å². The minimum atomic E-state index is -0.664. The van der Waals surface area contributed by atoms with Gasteiger partial charge >= 0.3 is 0 Å². The van der Waals surface area contributed by atoms with Gasteiger partial charge in [0.05, 0.1) is 4.92 Å². The first-order valence-electron chi connectivity index (χ1n) is 6.69. The van der Waals surface area contributed by atoms with Crippen molar-refractivity contribution < 1.29 is 14.5 Å². The second kappa shape index (κ2) is 4.47. The predicted octanol–water partition coefficient (Wildman–Crippen LogP) is 2.04. The fourth-order valence-electron chi connectivity index (χ4n) is 2.68. The number of carbonyl (C=O) groups is 2. The summed E-state index contributed by atoms with van der Waals surface area (Å²) in [5, 5.41) is 11.2. The number of fused-ring (bicyclic) bond motifs is 3. The van der Waals surface area contributed by atoms with E-state index < -0.39 is 16.7 Å². The SMILES string of the molecule is O=C1c2nc3ccccn3c2C(=O)N1c1ccccc1[N+](=O)[O-]. The van der Waals surface area contributed by atoms with Crippen LogP contribution in [-0.2, 0) is 0 Å². The minimum Gasteiger partial charge on any atom is -0.295 e. The zero-order valence-electron chi connectivity index (χ0n) is 11.5.